The number of carbonyl (C=O) groups is 1. The van der Waals surface area contributed by atoms with Gasteiger partial charge in [-0.2, -0.15) is 0 Å². The topological polar surface area (TPSA) is 80.0 Å². The first-order chi connectivity index (χ1) is 11.1. The molecule has 2 heterocycles. The lowest BCUT2D eigenvalue weighted by atomic mass is 10.1. The second-order valence-corrected chi connectivity index (χ2v) is 6.59. The van der Waals surface area contributed by atoms with Gasteiger partial charge >= 0.3 is 0 Å². The molecule has 6 nitrogen and oxygen atoms in total. The van der Waals surface area contributed by atoms with Gasteiger partial charge in [-0.15, -0.1) is 10.2 Å². The van der Waals surface area contributed by atoms with E-state index in [1.54, 1.807) is 0 Å². The van der Waals surface area contributed by atoms with Crippen molar-refractivity contribution in [2.75, 3.05) is 17.6 Å². The lowest BCUT2D eigenvalue weighted by molar-refractivity contribution is -0.113. The number of hydrogen-bond donors (Lipinski definition) is 2. The van der Waals surface area contributed by atoms with Gasteiger partial charge in [-0.05, 0) is 44.4 Å². The Labute approximate surface area is 139 Å². The van der Waals surface area contributed by atoms with Crippen molar-refractivity contribution in [3.8, 4) is 0 Å². The highest BCUT2D eigenvalue weighted by Gasteiger charge is 2.22. The van der Waals surface area contributed by atoms with E-state index in [9.17, 15) is 4.79 Å². The fraction of sp³-hybridized carbons (Fsp3) is 0.438. The van der Waals surface area contributed by atoms with Crippen molar-refractivity contribution in [3.63, 3.8) is 0 Å². The highest BCUT2D eigenvalue weighted by Crippen LogP contribution is 2.25. The molecule has 1 aromatic carbocycles. The number of aromatic nitrogens is 2. The Kier molecular flexibility index (Phi) is 4.97. The summed E-state index contributed by atoms with van der Waals surface area (Å²) >= 11 is 1.26. The standard InChI is InChI=1S/C16H20N4O2S/c1-10-5-3-6-11(2)14(10)18-13(21)9-23-16-20-19-15(22-16)12-7-4-8-17-12/h3,5-6,12,17H,4,7-9H2,1-2H3,(H,18,21). The van der Waals surface area contributed by atoms with Crippen molar-refractivity contribution in [2.45, 2.75) is 38.0 Å². The van der Waals surface area contributed by atoms with Crippen molar-refractivity contribution in [3.05, 3.63) is 35.2 Å². The Morgan fingerprint density at radius 3 is 2.87 bits per heavy atom. The molecule has 23 heavy (non-hydrogen) atoms. The molecule has 0 aliphatic carbocycles. The Bertz CT molecular complexity index is 675. The molecule has 2 aromatic rings. The van der Waals surface area contributed by atoms with E-state index in [1.165, 1.54) is 11.8 Å². The third-order valence-corrected chi connectivity index (χ3v) is 4.67. The summed E-state index contributed by atoms with van der Waals surface area (Å²) in [7, 11) is 0. The average molecular weight is 332 g/mol. The highest BCUT2D eigenvalue weighted by atomic mass is 32.2. The van der Waals surface area contributed by atoms with Gasteiger partial charge in [-0.3, -0.25) is 4.79 Å². The second-order valence-electron chi connectivity index (χ2n) is 5.66. The summed E-state index contributed by atoms with van der Waals surface area (Å²) < 4.78 is 5.61. The zero-order valence-electron chi connectivity index (χ0n) is 13.3. The second kappa shape index (κ2) is 7.14. The number of aryl methyl sites for hydroxylation is 2. The molecule has 1 aliphatic heterocycles. The van der Waals surface area contributed by atoms with E-state index in [4.69, 9.17) is 4.42 Å². The summed E-state index contributed by atoms with van der Waals surface area (Å²) in [5, 5.41) is 14.8. The Balaban J connectivity index is 1.55. The number of hydrogen-bond acceptors (Lipinski definition) is 6. The van der Waals surface area contributed by atoms with E-state index in [-0.39, 0.29) is 17.7 Å². The van der Waals surface area contributed by atoms with Gasteiger partial charge in [-0.1, -0.05) is 30.0 Å². The first-order valence-corrected chi connectivity index (χ1v) is 8.67. The number of benzene rings is 1. The number of amides is 1. The van der Waals surface area contributed by atoms with Crippen LogP contribution in [0.2, 0.25) is 0 Å². The Morgan fingerprint density at radius 2 is 2.17 bits per heavy atom. The molecule has 1 atom stereocenters. The molecule has 0 spiro atoms. The lowest BCUT2D eigenvalue weighted by Crippen LogP contribution is -2.15. The van der Waals surface area contributed by atoms with Crippen LogP contribution in [0.4, 0.5) is 5.69 Å². The van der Waals surface area contributed by atoms with Gasteiger partial charge in [-0.25, -0.2) is 0 Å². The van der Waals surface area contributed by atoms with E-state index in [0.717, 1.165) is 36.2 Å². The molecule has 1 amide bonds. The summed E-state index contributed by atoms with van der Waals surface area (Å²) in [6, 6.07) is 6.09. The number of carbonyl (C=O) groups excluding carboxylic acids is 1. The quantitative estimate of drug-likeness (QED) is 0.820. The van der Waals surface area contributed by atoms with Gasteiger partial charge < -0.3 is 15.1 Å². The molecule has 1 fully saturated rings. The summed E-state index contributed by atoms with van der Waals surface area (Å²) in [5.74, 6) is 0.777. The summed E-state index contributed by atoms with van der Waals surface area (Å²) in [4.78, 5) is 12.1. The van der Waals surface area contributed by atoms with E-state index in [0.29, 0.717) is 11.1 Å². The predicted octanol–water partition coefficient (Wildman–Crippen LogP) is 2.84. The monoisotopic (exact) mass is 332 g/mol. The van der Waals surface area contributed by atoms with Crippen LogP contribution in [0.1, 0.15) is 35.9 Å². The minimum atomic E-state index is -0.0776. The van der Waals surface area contributed by atoms with E-state index in [1.807, 2.05) is 32.0 Å². The number of anilines is 1. The van der Waals surface area contributed by atoms with Crippen LogP contribution in [0, 0.1) is 13.8 Å². The number of nitrogens with one attached hydrogen (secondary N) is 2. The highest BCUT2D eigenvalue weighted by molar-refractivity contribution is 7.99. The lowest BCUT2D eigenvalue weighted by Gasteiger charge is -2.10. The van der Waals surface area contributed by atoms with Crippen LogP contribution in [-0.2, 0) is 4.79 Å². The van der Waals surface area contributed by atoms with Gasteiger partial charge in [0, 0.05) is 5.69 Å². The number of thioether (sulfide) groups is 1. The molecule has 3 rings (SSSR count). The molecular formula is C16H20N4O2S. The van der Waals surface area contributed by atoms with Gasteiger partial charge in [0.1, 0.15) is 0 Å². The Hall–Kier alpha value is -1.86. The van der Waals surface area contributed by atoms with Gasteiger partial charge in [0.2, 0.25) is 11.8 Å². The average Bonchev–Trinajstić information content (AvgIpc) is 3.19. The molecule has 1 aliphatic rings. The zero-order chi connectivity index (χ0) is 16.2. The fourth-order valence-corrected chi connectivity index (χ4v) is 3.20. The SMILES string of the molecule is Cc1cccc(C)c1NC(=O)CSc1nnc(C2CCCN2)o1. The van der Waals surface area contributed by atoms with Gasteiger partial charge in [0.05, 0.1) is 11.8 Å². The van der Waals surface area contributed by atoms with Crippen LogP contribution in [0.25, 0.3) is 0 Å². The third-order valence-electron chi connectivity index (χ3n) is 3.85. The summed E-state index contributed by atoms with van der Waals surface area (Å²) in [6.07, 6.45) is 2.13. The van der Waals surface area contributed by atoms with Crippen molar-refractivity contribution >= 4 is 23.4 Å². The molecule has 1 saturated heterocycles. The smallest absolute Gasteiger partial charge is 0.277 e. The third kappa shape index (κ3) is 3.92. The van der Waals surface area contributed by atoms with Crippen molar-refractivity contribution in [1.82, 2.24) is 15.5 Å². The molecule has 2 N–H and O–H groups in total. The van der Waals surface area contributed by atoms with Gasteiger partial charge in [0.15, 0.2) is 0 Å². The van der Waals surface area contributed by atoms with Crippen LogP contribution < -0.4 is 10.6 Å². The van der Waals surface area contributed by atoms with Crippen molar-refractivity contribution in [2.24, 2.45) is 0 Å². The van der Waals surface area contributed by atoms with Crippen LogP contribution in [0.15, 0.2) is 27.8 Å². The van der Waals surface area contributed by atoms with Crippen LogP contribution >= 0.6 is 11.8 Å². The van der Waals surface area contributed by atoms with E-state index < -0.39 is 0 Å². The molecule has 122 valence electrons. The van der Waals surface area contributed by atoms with Gasteiger partial charge in [0.25, 0.3) is 5.22 Å². The summed E-state index contributed by atoms with van der Waals surface area (Å²) in [6.45, 7) is 4.94. The van der Waals surface area contributed by atoms with Crippen molar-refractivity contribution in [1.29, 1.82) is 0 Å². The number of para-hydroxylation sites is 1. The molecule has 1 aromatic heterocycles. The molecule has 0 radical (unpaired) electrons. The minimum absolute atomic E-state index is 0.0776. The molecule has 0 saturated carbocycles. The maximum absolute atomic E-state index is 12.1. The first kappa shape index (κ1) is 16.0. The normalized spacial score (nSPS) is 17.4. The maximum atomic E-state index is 12.1. The fourth-order valence-electron chi connectivity index (χ4n) is 2.63. The largest absolute Gasteiger partial charge is 0.414 e. The number of nitrogens with zero attached hydrogens (tertiary/aromatic N) is 2. The first-order valence-electron chi connectivity index (χ1n) is 7.69. The van der Waals surface area contributed by atoms with Crippen LogP contribution in [0.5, 0.6) is 0 Å². The van der Waals surface area contributed by atoms with E-state index in [2.05, 4.69) is 20.8 Å². The molecule has 7 heteroatoms. The number of rotatable bonds is 5. The molecule has 0 bridgehead atoms. The summed E-state index contributed by atoms with van der Waals surface area (Å²) in [5.41, 5.74) is 2.98. The van der Waals surface area contributed by atoms with Crippen LogP contribution in [0.3, 0.4) is 0 Å². The molecule has 1 unspecified atom stereocenters. The Morgan fingerprint density at radius 1 is 1.39 bits per heavy atom. The van der Waals surface area contributed by atoms with E-state index >= 15 is 0 Å². The zero-order valence-corrected chi connectivity index (χ0v) is 14.1. The van der Waals surface area contributed by atoms with Crippen molar-refractivity contribution < 1.29 is 9.21 Å². The van der Waals surface area contributed by atoms with Crippen LogP contribution in [-0.4, -0.2) is 28.4 Å². The minimum Gasteiger partial charge on any atom is -0.414 e. The molecular weight excluding hydrogens is 312 g/mol. The maximum Gasteiger partial charge on any atom is 0.277 e. The predicted molar refractivity (Wildman–Crippen MR) is 89.5 cm³/mol.